The van der Waals surface area contributed by atoms with E-state index in [1.54, 1.807) is 0 Å². The second kappa shape index (κ2) is 6.55. The molecule has 1 aromatic rings. The molecule has 1 aliphatic heterocycles. The van der Waals surface area contributed by atoms with E-state index in [4.69, 9.17) is 5.11 Å². The minimum atomic E-state index is -0.980. The zero-order valence-corrected chi connectivity index (χ0v) is 12.3. The molecule has 21 heavy (non-hydrogen) atoms. The Hall–Kier alpha value is -2.12. The van der Waals surface area contributed by atoms with Crippen molar-refractivity contribution in [3.8, 4) is 0 Å². The molecule has 0 saturated carbocycles. The molecule has 0 bridgehead atoms. The molecule has 0 radical (unpaired) electrons. The number of aromatic nitrogens is 3. The topological polar surface area (TPSA) is 100 Å². The van der Waals surface area contributed by atoms with Crippen molar-refractivity contribution in [2.24, 2.45) is 11.8 Å². The zero-order chi connectivity index (χ0) is 15.4. The van der Waals surface area contributed by atoms with Crippen LogP contribution in [0, 0.1) is 11.8 Å². The summed E-state index contributed by atoms with van der Waals surface area (Å²) in [6.45, 7) is 5.84. The standard InChI is InChI=1S/C13H21N5O3/c1-9-3-10(2)6-17(5-9)13(21)14-4-11-7-18(16-15-11)8-12(19)20/h7,9-10H,3-6,8H2,1-2H3,(H,14,21)(H,19,20). The number of piperidine rings is 1. The third-order valence-corrected chi connectivity index (χ3v) is 3.46. The van der Waals surface area contributed by atoms with Gasteiger partial charge in [0.1, 0.15) is 12.2 Å². The quantitative estimate of drug-likeness (QED) is 0.845. The Morgan fingerprint density at radius 3 is 2.67 bits per heavy atom. The number of carboxylic acids is 1. The van der Waals surface area contributed by atoms with Crippen molar-refractivity contribution in [1.82, 2.24) is 25.2 Å². The number of urea groups is 1. The fourth-order valence-corrected chi connectivity index (χ4v) is 2.74. The van der Waals surface area contributed by atoms with Crippen molar-refractivity contribution in [2.75, 3.05) is 13.1 Å². The van der Waals surface area contributed by atoms with Crippen LogP contribution in [0.2, 0.25) is 0 Å². The Morgan fingerprint density at radius 2 is 2.05 bits per heavy atom. The molecule has 0 aromatic carbocycles. The van der Waals surface area contributed by atoms with E-state index in [0.717, 1.165) is 19.5 Å². The minimum absolute atomic E-state index is 0.110. The predicted octanol–water partition coefficient (Wildman–Crippen LogP) is 0.550. The number of hydrogen-bond acceptors (Lipinski definition) is 4. The highest BCUT2D eigenvalue weighted by Crippen LogP contribution is 2.20. The number of aliphatic carboxylic acids is 1. The van der Waals surface area contributed by atoms with Crippen LogP contribution in [0.3, 0.4) is 0 Å². The van der Waals surface area contributed by atoms with Gasteiger partial charge in [-0.2, -0.15) is 0 Å². The predicted molar refractivity (Wildman–Crippen MR) is 74.4 cm³/mol. The van der Waals surface area contributed by atoms with Crippen molar-refractivity contribution in [3.63, 3.8) is 0 Å². The second-order valence-corrected chi connectivity index (χ2v) is 5.81. The Morgan fingerprint density at radius 1 is 1.38 bits per heavy atom. The van der Waals surface area contributed by atoms with Crippen LogP contribution in [-0.2, 0) is 17.9 Å². The van der Waals surface area contributed by atoms with Gasteiger partial charge >= 0.3 is 12.0 Å². The Balaban J connectivity index is 1.83. The van der Waals surface area contributed by atoms with Gasteiger partial charge in [-0.1, -0.05) is 19.1 Å². The number of nitrogens with one attached hydrogen (secondary N) is 1. The number of rotatable bonds is 4. The molecule has 2 rings (SSSR count). The maximum Gasteiger partial charge on any atom is 0.325 e. The first-order chi connectivity index (χ1) is 9.94. The fraction of sp³-hybridized carbons (Fsp3) is 0.692. The van der Waals surface area contributed by atoms with Crippen molar-refractivity contribution in [3.05, 3.63) is 11.9 Å². The minimum Gasteiger partial charge on any atom is -0.480 e. The number of carbonyl (C=O) groups excluding carboxylic acids is 1. The highest BCUT2D eigenvalue weighted by atomic mass is 16.4. The maximum absolute atomic E-state index is 12.1. The first kappa shape index (κ1) is 15.3. The summed E-state index contributed by atoms with van der Waals surface area (Å²) in [5.41, 5.74) is 0.544. The summed E-state index contributed by atoms with van der Waals surface area (Å²) in [4.78, 5) is 24.5. The van der Waals surface area contributed by atoms with Gasteiger partial charge in [-0.25, -0.2) is 9.48 Å². The number of nitrogens with zero attached hydrogens (tertiary/aromatic N) is 4. The monoisotopic (exact) mass is 295 g/mol. The van der Waals surface area contributed by atoms with E-state index in [0.29, 0.717) is 17.5 Å². The summed E-state index contributed by atoms with van der Waals surface area (Å²) in [6, 6.07) is -0.110. The summed E-state index contributed by atoms with van der Waals surface area (Å²) in [6.07, 6.45) is 2.67. The van der Waals surface area contributed by atoms with Crippen LogP contribution in [0.25, 0.3) is 0 Å². The van der Waals surface area contributed by atoms with E-state index in [-0.39, 0.29) is 19.1 Å². The van der Waals surface area contributed by atoms with Crippen molar-refractivity contribution in [1.29, 1.82) is 0 Å². The van der Waals surface area contributed by atoms with Gasteiger partial charge in [0.2, 0.25) is 0 Å². The normalized spacial score (nSPS) is 22.1. The van der Waals surface area contributed by atoms with E-state index in [1.165, 1.54) is 10.9 Å². The van der Waals surface area contributed by atoms with Gasteiger partial charge in [-0.05, 0) is 18.3 Å². The molecule has 116 valence electrons. The SMILES string of the molecule is CC1CC(C)CN(C(=O)NCc2cn(CC(=O)O)nn2)C1. The van der Waals surface area contributed by atoms with E-state index in [2.05, 4.69) is 29.5 Å². The maximum atomic E-state index is 12.1. The molecule has 2 N–H and O–H groups in total. The molecule has 0 aliphatic carbocycles. The lowest BCUT2D eigenvalue weighted by Gasteiger charge is -2.34. The molecule has 1 fully saturated rings. The molecule has 8 nitrogen and oxygen atoms in total. The molecule has 8 heteroatoms. The van der Waals surface area contributed by atoms with Gasteiger partial charge in [-0.3, -0.25) is 4.79 Å². The average Bonchev–Trinajstić information content (AvgIpc) is 2.81. The van der Waals surface area contributed by atoms with Gasteiger partial charge in [0, 0.05) is 13.1 Å². The van der Waals surface area contributed by atoms with E-state index < -0.39 is 5.97 Å². The largest absolute Gasteiger partial charge is 0.480 e. The van der Waals surface area contributed by atoms with Crippen LogP contribution < -0.4 is 5.32 Å². The number of amides is 2. The lowest BCUT2D eigenvalue weighted by Crippen LogP contribution is -2.47. The highest BCUT2D eigenvalue weighted by molar-refractivity contribution is 5.74. The third-order valence-electron chi connectivity index (χ3n) is 3.46. The van der Waals surface area contributed by atoms with E-state index in [1.807, 2.05) is 4.90 Å². The van der Waals surface area contributed by atoms with Gasteiger partial charge in [0.25, 0.3) is 0 Å². The first-order valence-electron chi connectivity index (χ1n) is 7.07. The number of carbonyl (C=O) groups is 2. The van der Waals surface area contributed by atoms with Crippen molar-refractivity contribution >= 4 is 12.0 Å². The summed E-state index contributed by atoms with van der Waals surface area (Å²) in [5, 5.41) is 19.0. The summed E-state index contributed by atoms with van der Waals surface area (Å²) >= 11 is 0. The van der Waals surface area contributed by atoms with Crippen LogP contribution in [-0.4, -0.2) is 50.1 Å². The highest BCUT2D eigenvalue weighted by Gasteiger charge is 2.25. The van der Waals surface area contributed by atoms with Crippen LogP contribution in [0.1, 0.15) is 26.0 Å². The molecule has 1 saturated heterocycles. The number of carboxylic acid groups (broad SMARTS) is 1. The number of likely N-dealkylation sites (tertiary alicyclic amines) is 1. The van der Waals surface area contributed by atoms with Gasteiger partial charge < -0.3 is 15.3 Å². The van der Waals surface area contributed by atoms with Gasteiger partial charge in [0.05, 0.1) is 12.7 Å². The summed E-state index contributed by atoms with van der Waals surface area (Å²) < 4.78 is 1.23. The second-order valence-electron chi connectivity index (χ2n) is 5.81. The first-order valence-corrected chi connectivity index (χ1v) is 7.07. The molecular weight excluding hydrogens is 274 g/mol. The van der Waals surface area contributed by atoms with Crippen LogP contribution >= 0.6 is 0 Å². The molecular formula is C13H21N5O3. The summed E-state index contributed by atoms with van der Waals surface area (Å²) in [7, 11) is 0. The van der Waals surface area contributed by atoms with Crippen LogP contribution in [0.5, 0.6) is 0 Å². The molecule has 2 heterocycles. The molecule has 1 aromatic heterocycles. The Bertz CT molecular complexity index is 506. The molecule has 1 aliphatic rings. The lowest BCUT2D eigenvalue weighted by molar-refractivity contribution is -0.137. The zero-order valence-electron chi connectivity index (χ0n) is 12.3. The lowest BCUT2D eigenvalue weighted by atomic mass is 9.92. The third kappa shape index (κ3) is 4.44. The van der Waals surface area contributed by atoms with E-state index in [9.17, 15) is 9.59 Å². The number of hydrogen-bond donors (Lipinski definition) is 2. The summed E-state index contributed by atoms with van der Waals surface area (Å²) in [5.74, 6) is 0.0404. The molecule has 2 unspecified atom stereocenters. The fourth-order valence-electron chi connectivity index (χ4n) is 2.74. The molecule has 2 atom stereocenters. The van der Waals surface area contributed by atoms with Gasteiger partial charge in [0.15, 0.2) is 0 Å². The average molecular weight is 295 g/mol. The van der Waals surface area contributed by atoms with Crippen LogP contribution in [0.4, 0.5) is 4.79 Å². The molecule has 0 spiro atoms. The smallest absolute Gasteiger partial charge is 0.325 e. The molecule has 2 amide bonds. The van der Waals surface area contributed by atoms with Crippen LogP contribution in [0.15, 0.2) is 6.20 Å². The Kier molecular flexibility index (Phi) is 4.77. The van der Waals surface area contributed by atoms with E-state index >= 15 is 0 Å². The Labute approximate surface area is 123 Å². The van der Waals surface area contributed by atoms with Gasteiger partial charge in [-0.15, -0.1) is 5.10 Å². The van der Waals surface area contributed by atoms with Crippen molar-refractivity contribution in [2.45, 2.75) is 33.4 Å². The van der Waals surface area contributed by atoms with Crippen molar-refractivity contribution < 1.29 is 14.7 Å².